The van der Waals surface area contributed by atoms with Crippen LogP contribution in [0, 0.1) is 0 Å². The summed E-state index contributed by atoms with van der Waals surface area (Å²) in [6.45, 7) is 5.72. The minimum Gasteiger partial charge on any atom is -0.497 e. The van der Waals surface area contributed by atoms with Gasteiger partial charge in [0.25, 0.3) is 0 Å². The highest BCUT2D eigenvalue weighted by Crippen LogP contribution is 2.23. The summed E-state index contributed by atoms with van der Waals surface area (Å²) < 4.78 is 34.3. The van der Waals surface area contributed by atoms with Crippen molar-refractivity contribution in [2.75, 3.05) is 46.2 Å². The van der Waals surface area contributed by atoms with Crippen LogP contribution in [0.4, 0.5) is 0 Å². The van der Waals surface area contributed by atoms with Crippen molar-refractivity contribution >= 4 is 39.8 Å². The zero-order valence-electron chi connectivity index (χ0n) is 16.4. The average Bonchev–Trinajstić information content (AvgIpc) is 2.61. The molecule has 0 amide bonds. The van der Waals surface area contributed by atoms with E-state index in [1.807, 2.05) is 29.2 Å². The lowest BCUT2D eigenvalue weighted by Crippen LogP contribution is -2.57. The lowest BCUT2D eigenvalue weighted by Gasteiger charge is -2.39. The highest BCUT2D eigenvalue weighted by atomic mass is 127. The van der Waals surface area contributed by atoms with Crippen LogP contribution >= 0.6 is 24.0 Å². The third-order valence-corrected chi connectivity index (χ3v) is 7.02. The summed E-state index contributed by atoms with van der Waals surface area (Å²) in [6.07, 6.45) is 0.806. The summed E-state index contributed by atoms with van der Waals surface area (Å²) in [7, 11) is 0.293. The number of aliphatic imine (C=N–C) groups is 1. The van der Waals surface area contributed by atoms with Crippen molar-refractivity contribution in [1.29, 1.82) is 0 Å². The fraction of sp³-hybridized carbons (Fsp3) is 0.611. The van der Waals surface area contributed by atoms with Crippen molar-refractivity contribution in [2.45, 2.75) is 25.0 Å². The Morgan fingerprint density at radius 3 is 2.44 bits per heavy atom. The van der Waals surface area contributed by atoms with Crippen LogP contribution in [0.25, 0.3) is 0 Å². The molecule has 1 aliphatic heterocycles. The van der Waals surface area contributed by atoms with E-state index < -0.39 is 14.6 Å². The second kappa shape index (κ2) is 10.4. The fourth-order valence-electron chi connectivity index (χ4n) is 2.79. The molecule has 7 nitrogen and oxygen atoms in total. The summed E-state index contributed by atoms with van der Waals surface area (Å²) in [5.74, 6) is 2.49. The molecule has 1 fully saturated rings. The van der Waals surface area contributed by atoms with Crippen molar-refractivity contribution in [3.63, 3.8) is 0 Å². The molecule has 1 N–H and O–H groups in total. The Labute approximate surface area is 179 Å². The SMILES string of the molecule is CN=C(NCCCOc1ccc(OC)cc1)N1CCS(=O)(=O)C(C)(C)C1.I. The van der Waals surface area contributed by atoms with E-state index in [0.717, 1.165) is 23.9 Å². The van der Waals surface area contributed by atoms with Crippen LogP contribution in [0.2, 0.25) is 0 Å². The van der Waals surface area contributed by atoms with E-state index in [9.17, 15) is 8.42 Å². The molecule has 0 unspecified atom stereocenters. The second-order valence-electron chi connectivity index (χ2n) is 6.85. The van der Waals surface area contributed by atoms with Crippen molar-refractivity contribution in [2.24, 2.45) is 4.99 Å². The minimum atomic E-state index is -3.05. The molecule has 1 aliphatic rings. The molecule has 1 saturated heterocycles. The lowest BCUT2D eigenvalue weighted by molar-refractivity contribution is 0.307. The van der Waals surface area contributed by atoms with Gasteiger partial charge in [-0.25, -0.2) is 8.42 Å². The normalized spacial score (nSPS) is 18.4. The maximum absolute atomic E-state index is 12.1. The van der Waals surface area contributed by atoms with Crippen molar-refractivity contribution in [3.8, 4) is 11.5 Å². The van der Waals surface area contributed by atoms with Gasteiger partial charge in [0.05, 0.1) is 24.2 Å². The molecule has 0 aliphatic carbocycles. The first-order valence-electron chi connectivity index (χ1n) is 8.74. The Balaban J connectivity index is 0.00000364. The van der Waals surface area contributed by atoms with Gasteiger partial charge >= 0.3 is 0 Å². The largest absolute Gasteiger partial charge is 0.497 e. The molecule has 0 atom stereocenters. The van der Waals surface area contributed by atoms with Gasteiger partial charge in [0, 0.05) is 26.7 Å². The molecule has 0 aromatic heterocycles. The summed E-state index contributed by atoms with van der Waals surface area (Å²) in [4.78, 5) is 6.29. The van der Waals surface area contributed by atoms with Gasteiger partial charge in [0.2, 0.25) is 0 Å². The monoisotopic (exact) mass is 511 g/mol. The molecule has 2 rings (SSSR count). The lowest BCUT2D eigenvalue weighted by atomic mass is 10.2. The van der Waals surface area contributed by atoms with Crippen LogP contribution in [-0.2, 0) is 9.84 Å². The highest BCUT2D eigenvalue weighted by Gasteiger charge is 2.40. The van der Waals surface area contributed by atoms with E-state index in [1.165, 1.54) is 0 Å². The first-order chi connectivity index (χ1) is 12.3. The number of nitrogens with one attached hydrogen (secondary N) is 1. The van der Waals surface area contributed by atoms with Gasteiger partial charge in [-0.2, -0.15) is 0 Å². The molecule has 154 valence electrons. The number of halogens is 1. The van der Waals surface area contributed by atoms with Crippen molar-refractivity contribution < 1.29 is 17.9 Å². The molecule has 0 spiro atoms. The summed E-state index contributed by atoms with van der Waals surface area (Å²) in [6, 6.07) is 7.48. The summed E-state index contributed by atoms with van der Waals surface area (Å²) in [5, 5.41) is 3.29. The molecule has 1 heterocycles. The Kier molecular flexibility index (Phi) is 9.13. The van der Waals surface area contributed by atoms with E-state index in [-0.39, 0.29) is 29.7 Å². The number of hydrogen-bond donors (Lipinski definition) is 1. The maximum Gasteiger partial charge on any atom is 0.193 e. The minimum absolute atomic E-state index is 0. The van der Waals surface area contributed by atoms with Crippen LogP contribution in [0.1, 0.15) is 20.3 Å². The summed E-state index contributed by atoms with van der Waals surface area (Å²) in [5.41, 5.74) is 0. The van der Waals surface area contributed by atoms with Crippen molar-refractivity contribution in [3.05, 3.63) is 24.3 Å². The predicted octanol–water partition coefficient (Wildman–Crippen LogP) is 2.17. The van der Waals surface area contributed by atoms with E-state index in [2.05, 4.69) is 10.3 Å². The van der Waals surface area contributed by atoms with Gasteiger partial charge in [0.15, 0.2) is 15.8 Å². The molecule has 9 heteroatoms. The molecule has 0 radical (unpaired) electrons. The number of hydrogen-bond acceptors (Lipinski definition) is 5. The first-order valence-corrected chi connectivity index (χ1v) is 10.4. The number of benzene rings is 1. The Morgan fingerprint density at radius 2 is 1.89 bits per heavy atom. The molecule has 1 aromatic carbocycles. The Morgan fingerprint density at radius 1 is 1.26 bits per heavy atom. The molecule has 27 heavy (non-hydrogen) atoms. The number of guanidine groups is 1. The van der Waals surface area contributed by atoms with Gasteiger partial charge in [-0.3, -0.25) is 4.99 Å². The second-order valence-corrected chi connectivity index (χ2v) is 9.59. The van der Waals surface area contributed by atoms with Gasteiger partial charge in [0.1, 0.15) is 11.5 Å². The van der Waals surface area contributed by atoms with Gasteiger partial charge < -0.3 is 19.7 Å². The van der Waals surface area contributed by atoms with E-state index >= 15 is 0 Å². The van der Waals surface area contributed by atoms with Crippen LogP contribution in [0.15, 0.2) is 29.3 Å². The average molecular weight is 511 g/mol. The van der Waals surface area contributed by atoms with Crippen LogP contribution in [-0.4, -0.2) is 70.2 Å². The van der Waals surface area contributed by atoms with Crippen molar-refractivity contribution in [1.82, 2.24) is 10.2 Å². The Bertz CT molecular complexity index is 721. The van der Waals surface area contributed by atoms with E-state index in [4.69, 9.17) is 9.47 Å². The standard InChI is InChI=1S/C18H29N3O4S.HI/c1-18(2)14-21(11-13-26(18,22)23)17(19-3)20-10-5-12-25-16-8-6-15(24-4)7-9-16;/h6-9H,5,10-14H2,1-4H3,(H,19,20);1H. The number of rotatable bonds is 6. The number of sulfone groups is 1. The van der Waals surface area contributed by atoms with Gasteiger partial charge in [-0.15, -0.1) is 24.0 Å². The fourth-order valence-corrected chi connectivity index (χ4v) is 4.16. The predicted molar refractivity (Wildman–Crippen MR) is 119 cm³/mol. The van der Waals surface area contributed by atoms with Gasteiger partial charge in [-0.05, 0) is 44.5 Å². The number of ether oxygens (including phenoxy) is 2. The summed E-state index contributed by atoms with van der Waals surface area (Å²) >= 11 is 0. The van der Waals surface area contributed by atoms with Crippen LogP contribution in [0.3, 0.4) is 0 Å². The zero-order valence-corrected chi connectivity index (χ0v) is 19.5. The highest BCUT2D eigenvalue weighted by molar-refractivity contribution is 14.0. The third-order valence-electron chi connectivity index (χ3n) is 4.49. The molecular weight excluding hydrogens is 481 g/mol. The van der Waals surface area contributed by atoms with Crippen LogP contribution < -0.4 is 14.8 Å². The molecule has 1 aromatic rings. The van der Waals surface area contributed by atoms with E-state index in [1.54, 1.807) is 28.0 Å². The first kappa shape index (κ1) is 23.8. The maximum atomic E-state index is 12.1. The Hall–Kier alpha value is -1.23. The molecular formula is C18H30IN3O4S. The smallest absolute Gasteiger partial charge is 0.193 e. The quantitative estimate of drug-likeness (QED) is 0.273. The molecule has 0 bridgehead atoms. The molecule has 0 saturated carbocycles. The third kappa shape index (κ3) is 6.41. The zero-order chi connectivity index (χ0) is 19.2. The van der Waals surface area contributed by atoms with Crippen LogP contribution in [0.5, 0.6) is 11.5 Å². The van der Waals surface area contributed by atoms with E-state index in [0.29, 0.717) is 26.2 Å². The number of nitrogens with zero attached hydrogens (tertiary/aromatic N) is 2. The number of methoxy groups -OCH3 is 1. The van der Waals surface area contributed by atoms with Gasteiger partial charge in [-0.1, -0.05) is 0 Å². The topological polar surface area (TPSA) is 80.2 Å².